The van der Waals surface area contributed by atoms with Crippen molar-refractivity contribution in [1.82, 2.24) is 10.3 Å². The maximum absolute atomic E-state index is 12.4. The Kier molecular flexibility index (Phi) is 6.40. The van der Waals surface area contributed by atoms with Gasteiger partial charge in [-0.15, -0.1) is 0 Å². The summed E-state index contributed by atoms with van der Waals surface area (Å²) >= 11 is 5.73. The lowest BCUT2D eigenvalue weighted by Crippen LogP contribution is -2.28. The highest BCUT2D eigenvalue weighted by atomic mass is 35.5. The Hall–Kier alpha value is -3.89. The number of aromatic nitrogens is 1. The first-order chi connectivity index (χ1) is 14.0. The number of nitrogens with zero attached hydrogens (tertiary/aromatic N) is 2. The molecule has 3 amide bonds. The molecule has 3 aromatic rings. The van der Waals surface area contributed by atoms with E-state index in [4.69, 9.17) is 16.9 Å². The maximum Gasteiger partial charge on any atom is 0.319 e. The molecular formula is C21H16ClN5O2. The molecule has 0 aliphatic carbocycles. The topological polar surface area (TPSA) is 107 Å². The van der Waals surface area contributed by atoms with Crippen molar-refractivity contribution in [1.29, 1.82) is 5.26 Å². The van der Waals surface area contributed by atoms with Crippen molar-refractivity contribution in [3.05, 3.63) is 88.7 Å². The average molecular weight is 406 g/mol. The van der Waals surface area contributed by atoms with Crippen LogP contribution in [0.2, 0.25) is 5.15 Å². The lowest BCUT2D eigenvalue weighted by molar-refractivity contribution is 0.102. The number of pyridine rings is 1. The number of hydrogen-bond acceptors (Lipinski definition) is 4. The molecule has 0 unspecified atom stereocenters. The van der Waals surface area contributed by atoms with Crippen LogP contribution < -0.4 is 16.0 Å². The van der Waals surface area contributed by atoms with Crippen LogP contribution in [0.4, 0.5) is 16.2 Å². The van der Waals surface area contributed by atoms with E-state index in [-0.39, 0.29) is 12.5 Å². The lowest BCUT2D eigenvalue weighted by Gasteiger charge is -2.10. The van der Waals surface area contributed by atoms with Gasteiger partial charge in [-0.2, -0.15) is 5.26 Å². The third kappa shape index (κ3) is 5.79. The van der Waals surface area contributed by atoms with Crippen molar-refractivity contribution in [3.63, 3.8) is 0 Å². The molecule has 8 heteroatoms. The molecule has 0 spiro atoms. The summed E-state index contributed by atoms with van der Waals surface area (Å²) in [7, 11) is 0. The molecule has 3 N–H and O–H groups in total. The van der Waals surface area contributed by atoms with Crippen LogP contribution in [0.25, 0.3) is 0 Å². The summed E-state index contributed by atoms with van der Waals surface area (Å²) in [5.74, 6) is -0.351. The first-order valence-electron chi connectivity index (χ1n) is 8.60. The second-order valence-corrected chi connectivity index (χ2v) is 6.41. The van der Waals surface area contributed by atoms with E-state index in [1.807, 2.05) is 6.07 Å². The molecule has 29 heavy (non-hydrogen) atoms. The smallest absolute Gasteiger partial charge is 0.319 e. The molecule has 0 saturated heterocycles. The Morgan fingerprint density at radius 2 is 1.76 bits per heavy atom. The molecule has 0 atom stereocenters. The summed E-state index contributed by atoms with van der Waals surface area (Å²) in [5.41, 5.74) is 2.60. The van der Waals surface area contributed by atoms with Crippen LogP contribution in [-0.2, 0) is 6.54 Å². The summed E-state index contributed by atoms with van der Waals surface area (Å²) in [6.45, 7) is 0.283. The number of carbonyl (C=O) groups is 2. The maximum atomic E-state index is 12.4. The fourth-order valence-electron chi connectivity index (χ4n) is 2.48. The first kappa shape index (κ1) is 19.9. The fourth-order valence-corrected chi connectivity index (χ4v) is 2.59. The Labute approximate surface area is 172 Å². The molecule has 1 heterocycles. The summed E-state index contributed by atoms with van der Waals surface area (Å²) < 4.78 is 0. The van der Waals surface area contributed by atoms with Gasteiger partial charge < -0.3 is 16.0 Å². The normalized spacial score (nSPS) is 9.93. The van der Waals surface area contributed by atoms with Gasteiger partial charge >= 0.3 is 6.03 Å². The summed E-state index contributed by atoms with van der Waals surface area (Å²) in [6, 6.07) is 18.2. The summed E-state index contributed by atoms with van der Waals surface area (Å²) in [6.07, 6.45) is 1.58. The van der Waals surface area contributed by atoms with Gasteiger partial charge in [0, 0.05) is 29.7 Å². The van der Waals surface area contributed by atoms with Gasteiger partial charge in [-0.3, -0.25) is 4.79 Å². The van der Waals surface area contributed by atoms with Crippen molar-refractivity contribution in [2.24, 2.45) is 0 Å². The predicted molar refractivity (Wildman–Crippen MR) is 111 cm³/mol. The molecule has 0 fully saturated rings. The number of hydrogen-bond donors (Lipinski definition) is 3. The molecule has 0 aliphatic heterocycles. The van der Waals surface area contributed by atoms with Gasteiger partial charge in [-0.1, -0.05) is 29.8 Å². The van der Waals surface area contributed by atoms with Gasteiger partial charge in [0.05, 0.1) is 11.6 Å². The Balaban J connectivity index is 1.59. The minimum Gasteiger partial charge on any atom is -0.334 e. The molecule has 7 nitrogen and oxygen atoms in total. The monoisotopic (exact) mass is 405 g/mol. The highest BCUT2D eigenvalue weighted by molar-refractivity contribution is 6.29. The fraction of sp³-hybridized carbons (Fsp3) is 0.0476. The van der Waals surface area contributed by atoms with Crippen LogP contribution in [0.1, 0.15) is 21.5 Å². The number of carbonyl (C=O) groups excluding carboxylic acids is 2. The Bertz CT molecular complexity index is 1080. The molecule has 0 radical (unpaired) electrons. The molecule has 0 aliphatic rings. The number of amides is 3. The van der Waals surface area contributed by atoms with E-state index < -0.39 is 6.03 Å². The Morgan fingerprint density at radius 3 is 2.48 bits per heavy atom. The van der Waals surface area contributed by atoms with Crippen molar-refractivity contribution in [2.45, 2.75) is 6.54 Å². The Morgan fingerprint density at radius 1 is 1.00 bits per heavy atom. The van der Waals surface area contributed by atoms with Crippen LogP contribution in [-0.4, -0.2) is 16.9 Å². The van der Waals surface area contributed by atoms with E-state index >= 15 is 0 Å². The van der Waals surface area contributed by atoms with Crippen LogP contribution >= 0.6 is 11.6 Å². The van der Waals surface area contributed by atoms with Crippen LogP contribution in [0, 0.1) is 11.3 Å². The van der Waals surface area contributed by atoms with E-state index in [0.717, 1.165) is 5.56 Å². The van der Waals surface area contributed by atoms with Crippen LogP contribution in [0.5, 0.6) is 0 Å². The highest BCUT2D eigenvalue weighted by Crippen LogP contribution is 2.15. The standard InChI is InChI=1S/C21H16ClN5O2/c22-19-8-7-15(12-24-19)13-25-21(29)27-18-6-2-4-16(10-18)20(28)26-17-5-1-3-14(9-17)11-23/h1-10,12H,13H2,(H,26,28)(H2,25,27,29). The average Bonchev–Trinajstić information content (AvgIpc) is 2.73. The van der Waals surface area contributed by atoms with Gasteiger partial charge in [0.2, 0.25) is 0 Å². The number of benzene rings is 2. The quantitative estimate of drug-likeness (QED) is 0.553. The number of nitriles is 1. The molecule has 3 rings (SSSR count). The van der Waals surface area contributed by atoms with Gasteiger partial charge in [0.15, 0.2) is 0 Å². The van der Waals surface area contributed by atoms with Gasteiger partial charge in [-0.25, -0.2) is 9.78 Å². The second kappa shape index (κ2) is 9.35. The number of anilines is 2. The number of urea groups is 1. The van der Waals surface area contributed by atoms with E-state index in [0.29, 0.717) is 27.7 Å². The molecular weight excluding hydrogens is 390 g/mol. The van der Waals surface area contributed by atoms with E-state index in [9.17, 15) is 9.59 Å². The molecule has 0 saturated carbocycles. The predicted octanol–water partition coefficient (Wildman–Crippen LogP) is 4.18. The van der Waals surface area contributed by atoms with Crippen molar-refractivity contribution >= 4 is 34.9 Å². The van der Waals surface area contributed by atoms with E-state index in [1.165, 1.54) is 0 Å². The SMILES string of the molecule is N#Cc1cccc(NC(=O)c2cccc(NC(=O)NCc3ccc(Cl)nc3)c2)c1. The minimum atomic E-state index is -0.417. The minimum absolute atomic E-state index is 0.283. The number of rotatable bonds is 5. The number of halogens is 1. The van der Waals surface area contributed by atoms with Gasteiger partial charge in [0.1, 0.15) is 5.15 Å². The molecule has 2 aromatic carbocycles. The lowest BCUT2D eigenvalue weighted by atomic mass is 10.1. The summed E-state index contributed by atoms with van der Waals surface area (Å²) in [5, 5.41) is 17.4. The zero-order chi connectivity index (χ0) is 20.6. The molecule has 144 valence electrons. The van der Waals surface area contributed by atoms with E-state index in [1.54, 1.807) is 66.9 Å². The third-order valence-corrected chi connectivity index (χ3v) is 4.10. The largest absolute Gasteiger partial charge is 0.334 e. The molecule has 0 bridgehead atoms. The second-order valence-electron chi connectivity index (χ2n) is 6.02. The summed E-state index contributed by atoms with van der Waals surface area (Å²) in [4.78, 5) is 28.5. The van der Waals surface area contributed by atoms with Crippen LogP contribution in [0.3, 0.4) is 0 Å². The zero-order valence-electron chi connectivity index (χ0n) is 15.1. The van der Waals surface area contributed by atoms with Crippen molar-refractivity contribution < 1.29 is 9.59 Å². The zero-order valence-corrected chi connectivity index (χ0v) is 15.9. The van der Waals surface area contributed by atoms with E-state index in [2.05, 4.69) is 20.9 Å². The first-order valence-corrected chi connectivity index (χ1v) is 8.98. The van der Waals surface area contributed by atoms with Gasteiger partial charge in [0.25, 0.3) is 5.91 Å². The molecule has 1 aromatic heterocycles. The van der Waals surface area contributed by atoms with Gasteiger partial charge in [-0.05, 0) is 48.0 Å². The third-order valence-electron chi connectivity index (χ3n) is 3.87. The highest BCUT2D eigenvalue weighted by Gasteiger charge is 2.09. The van der Waals surface area contributed by atoms with Crippen LogP contribution in [0.15, 0.2) is 66.9 Å². The van der Waals surface area contributed by atoms with Crippen molar-refractivity contribution in [3.8, 4) is 6.07 Å². The van der Waals surface area contributed by atoms with Crippen molar-refractivity contribution in [2.75, 3.05) is 10.6 Å². The number of nitrogens with one attached hydrogen (secondary N) is 3.